The summed E-state index contributed by atoms with van der Waals surface area (Å²) in [6, 6.07) is 8.49. The Labute approximate surface area is 123 Å². The van der Waals surface area contributed by atoms with E-state index in [2.05, 4.69) is 55.0 Å². The smallest absolute Gasteiger partial charge is 0.0819 e. The van der Waals surface area contributed by atoms with Gasteiger partial charge in [0.25, 0.3) is 0 Å². The molecular formula is C17H18N2S. The first kappa shape index (κ1) is 13.3. The largest absolute Gasteiger partial charge is 0.261 e. The van der Waals surface area contributed by atoms with E-state index in [4.69, 9.17) is 0 Å². The van der Waals surface area contributed by atoms with Crippen LogP contribution in [-0.4, -0.2) is 9.97 Å². The van der Waals surface area contributed by atoms with Crippen LogP contribution in [0.3, 0.4) is 0 Å². The van der Waals surface area contributed by atoms with Crippen LogP contribution in [0, 0.1) is 6.92 Å². The molecule has 3 aromatic rings. The van der Waals surface area contributed by atoms with E-state index in [-0.39, 0.29) is 5.41 Å². The molecule has 0 aliphatic rings. The summed E-state index contributed by atoms with van der Waals surface area (Å²) in [5, 5.41) is 0. The van der Waals surface area contributed by atoms with Crippen LogP contribution in [0.4, 0.5) is 0 Å². The first-order valence-electron chi connectivity index (χ1n) is 6.77. The summed E-state index contributed by atoms with van der Waals surface area (Å²) >= 11 is 1.81. The van der Waals surface area contributed by atoms with E-state index >= 15 is 0 Å². The molecular weight excluding hydrogens is 264 g/mol. The molecule has 0 saturated carbocycles. The SMILES string of the molecule is Cc1ccc(-c2cc3nccc(C(C)(C)C)c3s2)cn1. The fourth-order valence-electron chi connectivity index (χ4n) is 2.28. The first-order chi connectivity index (χ1) is 9.45. The van der Waals surface area contributed by atoms with Gasteiger partial charge in [0.1, 0.15) is 0 Å². The lowest BCUT2D eigenvalue weighted by Gasteiger charge is -2.19. The van der Waals surface area contributed by atoms with Gasteiger partial charge in [0.15, 0.2) is 0 Å². The molecule has 0 spiro atoms. The molecule has 2 nitrogen and oxygen atoms in total. The highest BCUT2D eigenvalue weighted by atomic mass is 32.1. The molecule has 0 saturated heterocycles. The lowest BCUT2D eigenvalue weighted by molar-refractivity contribution is 0.596. The van der Waals surface area contributed by atoms with E-state index < -0.39 is 0 Å². The molecule has 0 aliphatic carbocycles. The number of aromatic nitrogens is 2. The van der Waals surface area contributed by atoms with Crippen LogP contribution in [0.15, 0.2) is 36.7 Å². The molecule has 3 aromatic heterocycles. The Balaban J connectivity index is 2.18. The van der Waals surface area contributed by atoms with Gasteiger partial charge in [-0.3, -0.25) is 9.97 Å². The number of hydrogen-bond donors (Lipinski definition) is 0. The van der Waals surface area contributed by atoms with Crippen molar-refractivity contribution < 1.29 is 0 Å². The van der Waals surface area contributed by atoms with Crippen LogP contribution in [0.5, 0.6) is 0 Å². The summed E-state index contributed by atoms with van der Waals surface area (Å²) in [4.78, 5) is 10.1. The van der Waals surface area contributed by atoms with E-state index in [0.29, 0.717) is 0 Å². The van der Waals surface area contributed by atoms with Gasteiger partial charge in [-0.05, 0) is 36.1 Å². The minimum absolute atomic E-state index is 0.134. The molecule has 20 heavy (non-hydrogen) atoms. The van der Waals surface area contributed by atoms with Gasteiger partial charge in [0.2, 0.25) is 0 Å². The Morgan fingerprint density at radius 2 is 1.85 bits per heavy atom. The minimum atomic E-state index is 0.134. The van der Waals surface area contributed by atoms with Crippen molar-refractivity contribution in [2.24, 2.45) is 0 Å². The Morgan fingerprint density at radius 3 is 2.50 bits per heavy atom. The van der Waals surface area contributed by atoms with Crippen molar-refractivity contribution >= 4 is 21.6 Å². The van der Waals surface area contributed by atoms with Gasteiger partial charge in [-0.25, -0.2) is 0 Å². The molecule has 0 N–H and O–H groups in total. The van der Waals surface area contributed by atoms with E-state index in [0.717, 1.165) is 11.2 Å². The Hall–Kier alpha value is -1.74. The second kappa shape index (κ2) is 4.67. The zero-order chi connectivity index (χ0) is 14.3. The molecule has 0 amide bonds. The van der Waals surface area contributed by atoms with Gasteiger partial charge in [-0.2, -0.15) is 0 Å². The van der Waals surface area contributed by atoms with Gasteiger partial charge in [0.05, 0.1) is 10.2 Å². The number of nitrogens with zero attached hydrogens (tertiary/aromatic N) is 2. The minimum Gasteiger partial charge on any atom is -0.261 e. The molecule has 0 aromatic carbocycles. The number of rotatable bonds is 1. The zero-order valence-corrected chi connectivity index (χ0v) is 13.1. The van der Waals surface area contributed by atoms with Gasteiger partial charge in [-0.1, -0.05) is 26.8 Å². The Kier molecular flexibility index (Phi) is 3.09. The third-order valence-corrected chi connectivity index (χ3v) is 4.62. The average Bonchev–Trinajstić information content (AvgIpc) is 2.81. The van der Waals surface area contributed by atoms with Crippen molar-refractivity contribution in [2.75, 3.05) is 0 Å². The highest BCUT2D eigenvalue weighted by molar-refractivity contribution is 7.22. The van der Waals surface area contributed by atoms with Crippen molar-refractivity contribution in [3.05, 3.63) is 47.9 Å². The predicted molar refractivity (Wildman–Crippen MR) is 86.3 cm³/mol. The van der Waals surface area contributed by atoms with Crippen molar-refractivity contribution in [3.63, 3.8) is 0 Å². The van der Waals surface area contributed by atoms with Crippen molar-refractivity contribution in [1.29, 1.82) is 0 Å². The van der Waals surface area contributed by atoms with Gasteiger partial charge >= 0.3 is 0 Å². The maximum absolute atomic E-state index is 4.51. The first-order valence-corrected chi connectivity index (χ1v) is 7.59. The van der Waals surface area contributed by atoms with E-state index in [1.807, 2.05) is 30.7 Å². The lowest BCUT2D eigenvalue weighted by atomic mass is 9.87. The van der Waals surface area contributed by atoms with Crippen LogP contribution >= 0.6 is 11.3 Å². The third-order valence-electron chi connectivity index (χ3n) is 3.42. The average molecular weight is 282 g/mol. The molecule has 0 atom stereocenters. The van der Waals surface area contributed by atoms with Crippen molar-refractivity contribution in [1.82, 2.24) is 9.97 Å². The highest BCUT2D eigenvalue weighted by Gasteiger charge is 2.19. The van der Waals surface area contributed by atoms with Crippen LogP contribution in [0.25, 0.3) is 20.7 Å². The molecule has 0 bridgehead atoms. The van der Waals surface area contributed by atoms with Crippen LogP contribution in [0.2, 0.25) is 0 Å². The lowest BCUT2D eigenvalue weighted by Crippen LogP contribution is -2.11. The third kappa shape index (κ3) is 2.34. The number of pyridine rings is 2. The monoisotopic (exact) mass is 282 g/mol. The van der Waals surface area contributed by atoms with Crippen LogP contribution < -0.4 is 0 Å². The van der Waals surface area contributed by atoms with Gasteiger partial charge in [0, 0.05) is 28.5 Å². The van der Waals surface area contributed by atoms with Crippen molar-refractivity contribution in [3.8, 4) is 10.4 Å². The van der Waals surface area contributed by atoms with Crippen molar-refractivity contribution in [2.45, 2.75) is 33.1 Å². The Bertz CT molecular complexity index is 749. The summed E-state index contributed by atoms with van der Waals surface area (Å²) in [5.41, 5.74) is 4.79. The van der Waals surface area contributed by atoms with E-state index in [1.165, 1.54) is 20.7 Å². The molecule has 3 heterocycles. The fourth-order valence-corrected chi connectivity index (χ4v) is 3.61. The summed E-state index contributed by atoms with van der Waals surface area (Å²) in [7, 11) is 0. The Morgan fingerprint density at radius 1 is 1.05 bits per heavy atom. The molecule has 0 radical (unpaired) electrons. The highest BCUT2D eigenvalue weighted by Crippen LogP contribution is 2.38. The number of hydrogen-bond acceptors (Lipinski definition) is 3. The van der Waals surface area contributed by atoms with Gasteiger partial charge < -0.3 is 0 Å². The topological polar surface area (TPSA) is 25.8 Å². The zero-order valence-electron chi connectivity index (χ0n) is 12.3. The number of aryl methyl sites for hydroxylation is 1. The molecule has 3 rings (SSSR count). The maximum atomic E-state index is 4.51. The number of thiophene rings is 1. The molecule has 102 valence electrons. The van der Waals surface area contributed by atoms with E-state index in [9.17, 15) is 0 Å². The quantitative estimate of drug-likeness (QED) is 0.630. The predicted octanol–water partition coefficient (Wildman–Crippen LogP) is 4.96. The maximum Gasteiger partial charge on any atom is 0.0819 e. The summed E-state index contributed by atoms with van der Waals surface area (Å²) < 4.78 is 1.29. The standard InChI is InChI=1S/C17H18N2S/c1-11-5-6-12(10-19-11)15-9-14-16(20-15)13(7-8-18-14)17(2,3)4/h5-10H,1-4H3. The fraction of sp³-hybridized carbons (Fsp3) is 0.294. The van der Waals surface area contributed by atoms with Crippen LogP contribution in [-0.2, 0) is 5.41 Å². The van der Waals surface area contributed by atoms with E-state index in [1.54, 1.807) is 0 Å². The summed E-state index contributed by atoms with van der Waals surface area (Å²) in [6.07, 6.45) is 3.85. The molecule has 0 fully saturated rings. The summed E-state index contributed by atoms with van der Waals surface area (Å²) in [6.45, 7) is 8.74. The number of fused-ring (bicyclic) bond motifs is 1. The van der Waals surface area contributed by atoms with Crippen LogP contribution in [0.1, 0.15) is 32.0 Å². The molecule has 0 unspecified atom stereocenters. The second-order valence-electron chi connectivity index (χ2n) is 6.12. The summed E-state index contributed by atoms with van der Waals surface area (Å²) in [5.74, 6) is 0. The molecule has 0 aliphatic heterocycles. The molecule has 3 heteroatoms. The van der Waals surface area contributed by atoms with Gasteiger partial charge in [-0.15, -0.1) is 11.3 Å². The second-order valence-corrected chi connectivity index (χ2v) is 7.17. The normalized spacial score (nSPS) is 12.0.